The van der Waals surface area contributed by atoms with Crippen LogP contribution in [0, 0.1) is 0 Å². The molecule has 0 aromatic carbocycles. The molecule has 8 N–H and O–H groups in total. The van der Waals surface area contributed by atoms with E-state index in [4.69, 9.17) is 24.3 Å². The van der Waals surface area contributed by atoms with Crippen molar-refractivity contribution in [3.05, 3.63) is 0 Å². The molecule has 1 rings (SSSR count). The summed E-state index contributed by atoms with van der Waals surface area (Å²) in [6.07, 6.45) is -11.8. The SMILES string of the molecule is O=P(O)(O)OC[C@@H](O)[C@H]1O[C@H](OP(=O)(O)O)[C@@H](O)[C@@H](O)[C@@H]1O. The van der Waals surface area contributed by atoms with Crippen molar-refractivity contribution in [3.63, 3.8) is 0 Å². The van der Waals surface area contributed by atoms with E-state index in [0.29, 0.717) is 0 Å². The van der Waals surface area contributed by atoms with E-state index in [0.717, 1.165) is 0 Å². The molecule has 1 fully saturated rings. The number of hydrogen-bond donors (Lipinski definition) is 8. The molecule has 1 heterocycles. The third kappa shape index (κ3) is 5.91. The van der Waals surface area contributed by atoms with Gasteiger partial charge in [-0.2, -0.15) is 0 Å². The number of phosphoric acid groups is 2. The lowest BCUT2D eigenvalue weighted by Gasteiger charge is -2.41. The molecule has 0 unspecified atom stereocenters. The van der Waals surface area contributed by atoms with Gasteiger partial charge in [-0.3, -0.25) is 9.05 Å². The smallest absolute Gasteiger partial charge is 0.388 e. The maximum Gasteiger partial charge on any atom is 0.472 e. The van der Waals surface area contributed by atoms with Crippen molar-refractivity contribution >= 4 is 15.6 Å². The van der Waals surface area contributed by atoms with E-state index < -0.39 is 59.1 Å². The standard InChI is InChI=1S/C7H16O13P2/c8-2(1-18-21(12,13)14)6-4(10)3(9)5(11)7(19-6)20-22(15,16)17/h2-11H,1H2,(H2,12,13,14)(H2,15,16,17)/t2-,3+,4+,5+,6-,7-/m1/s1. The summed E-state index contributed by atoms with van der Waals surface area (Å²) >= 11 is 0. The molecule has 0 radical (unpaired) electrons. The van der Waals surface area contributed by atoms with Crippen LogP contribution >= 0.6 is 15.6 Å². The molecule has 22 heavy (non-hydrogen) atoms. The molecule has 0 aromatic rings. The topological polar surface area (TPSA) is 224 Å². The number of aliphatic hydroxyl groups is 4. The first kappa shape index (κ1) is 20.1. The van der Waals surface area contributed by atoms with Gasteiger partial charge in [0.2, 0.25) is 0 Å². The molecule has 132 valence electrons. The van der Waals surface area contributed by atoms with Gasteiger partial charge in [0.25, 0.3) is 0 Å². The van der Waals surface area contributed by atoms with Crippen molar-refractivity contribution < 1.29 is 62.9 Å². The van der Waals surface area contributed by atoms with Gasteiger partial charge in [-0.25, -0.2) is 9.13 Å². The number of phosphoric ester groups is 2. The van der Waals surface area contributed by atoms with Crippen molar-refractivity contribution in [2.75, 3.05) is 6.61 Å². The minimum absolute atomic E-state index is 1.03. The molecule has 0 spiro atoms. The van der Waals surface area contributed by atoms with E-state index in [1.807, 2.05) is 0 Å². The van der Waals surface area contributed by atoms with Crippen LogP contribution in [-0.4, -0.2) is 83.4 Å². The summed E-state index contributed by atoms with van der Waals surface area (Å²) in [5.41, 5.74) is 0. The number of hydrogen-bond acceptors (Lipinski definition) is 9. The predicted molar refractivity (Wildman–Crippen MR) is 63.8 cm³/mol. The minimum atomic E-state index is -5.13. The van der Waals surface area contributed by atoms with Crippen LogP contribution in [0.2, 0.25) is 0 Å². The van der Waals surface area contributed by atoms with Crippen molar-refractivity contribution in [1.82, 2.24) is 0 Å². The Kier molecular flexibility index (Phi) is 6.64. The first-order valence-electron chi connectivity index (χ1n) is 5.63. The molecular weight excluding hydrogens is 354 g/mol. The summed E-state index contributed by atoms with van der Waals surface area (Å²) in [6, 6.07) is 0. The van der Waals surface area contributed by atoms with Crippen LogP contribution in [0.3, 0.4) is 0 Å². The first-order chi connectivity index (χ1) is 9.82. The Bertz CT molecular complexity index is 457. The highest BCUT2D eigenvalue weighted by atomic mass is 31.2. The van der Waals surface area contributed by atoms with E-state index in [-0.39, 0.29) is 0 Å². The normalized spacial score (nSPS) is 35.4. The first-order valence-corrected chi connectivity index (χ1v) is 8.69. The third-order valence-corrected chi connectivity index (χ3v) is 3.61. The Morgan fingerprint density at radius 1 is 0.955 bits per heavy atom. The fourth-order valence-electron chi connectivity index (χ4n) is 1.68. The molecular formula is C7H16O13P2. The van der Waals surface area contributed by atoms with Gasteiger partial charge in [0.05, 0.1) is 6.61 Å². The van der Waals surface area contributed by atoms with Crippen molar-refractivity contribution in [2.24, 2.45) is 0 Å². The Labute approximate surface area is 123 Å². The van der Waals surface area contributed by atoms with Gasteiger partial charge < -0.3 is 44.7 Å². The molecule has 0 bridgehead atoms. The Morgan fingerprint density at radius 3 is 1.95 bits per heavy atom. The Hall–Kier alpha value is 0.0200. The van der Waals surface area contributed by atoms with Crippen LogP contribution in [0.25, 0.3) is 0 Å². The van der Waals surface area contributed by atoms with Gasteiger partial charge in [0.1, 0.15) is 30.5 Å². The van der Waals surface area contributed by atoms with Crippen LogP contribution in [0.4, 0.5) is 0 Å². The zero-order valence-electron chi connectivity index (χ0n) is 10.7. The Balaban J connectivity index is 2.80. The summed E-state index contributed by atoms with van der Waals surface area (Å²) < 4.78 is 34.0. The third-order valence-electron chi connectivity index (χ3n) is 2.64. The highest BCUT2D eigenvalue weighted by Gasteiger charge is 2.49. The highest BCUT2D eigenvalue weighted by Crippen LogP contribution is 2.41. The second kappa shape index (κ2) is 7.28. The summed E-state index contributed by atoms with van der Waals surface area (Å²) in [6.45, 7) is -1.03. The van der Waals surface area contributed by atoms with Crippen molar-refractivity contribution in [3.8, 4) is 0 Å². The van der Waals surface area contributed by atoms with Gasteiger partial charge in [0, 0.05) is 0 Å². The second-order valence-electron chi connectivity index (χ2n) is 4.39. The quantitative estimate of drug-likeness (QED) is 0.212. The second-order valence-corrected chi connectivity index (χ2v) is 6.82. The fourth-order valence-corrected chi connectivity index (χ4v) is 2.47. The van der Waals surface area contributed by atoms with E-state index in [9.17, 15) is 29.6 Å². The van der Waals surface area contributed by atoms with Gasteiger partial charge in [-0.1, -0.05) is 0 Å². The van der Waals surface area contributed by atoms with Gasteiger partial charge in [-0.05, 0) is 0 Å². The molecule has 13 nitrogen and oxygen atoms in total. The predicted octanol–water partition coefficient (Wildman–Crippen LogP) is -3.63. The van der Waals surface area contributed by atoms with Crippen LogP contribution in [0.15, 0.2) is 0 Å². The maximum absolute atomic E-state index is 10.7. The highest BCUT2D eigenvalue weighted by molar-refractivity contribution is 7.46. The molecule has 15 heteroatoms. The maximum atomic E-state index is 10.7. The minimum Gasteiger partial charge on any atom is -0.388 e. The lowest BCUT2D eigenvalue weighted by Crippen LogP contribution is -2.61. The van der Waals surface area contributed by atoms with Crippen molar-refractivity contribution in [2.45, 2.75) is 36.8 Å². The van der Waals surface area contributed by atoms with E-state index in [1.54, 1.807) is 0 Å². The zero-order chi connectivity index (χ0) is 17.3. The fraction of sp³-hybridized carbons (Fsp3) is 1.00. The molecule has 0 amide bonds. The summed E-state index contributed by atoms with van der Waals surface area (Å²) in [7, 11) is -10.1. The molecule has 6 atom stereocenters. The number of rotatable bonds is 6. The average Bonchev–Trinajstić information content (AvgIpc) is 2.34. The Morgan fingerprint density at radius 2 is 1.50 bits per heavy atom. The summed E-state index contributed by atoms with van der Waals surface area (Å²) in [5.74, 6) is 0. The van der Waals surface area contributed by atoms with Crippen LogP contribution in [0.5, 0.6) is 0 Å². The summed E-state index contributed by atoms with van der Waals surface area (Å²) in [4.78, 5) is 34.3. The van der Waals surface area contributed by atoms with Crippen LogP contribution in [0.1, 0.15) is 0 Å². The number of ether oxygens (including phenoxy) is 1. The lowest BCUT2D eigenvalue weighted by atomic mass is 9.96. The van der Waals surface area contributed by atoms with E-state index in [1.165, 1.54) is 0 Å². The summed E-state index contributed by atoms with van der Waals surface area (Å²) in [5, 5.41) is 38.3. The number of aliphatic hydroxyl groups excluding tert-OH is 4. The largest absolute Gasteiger partial charge is 0.472 e. The van der Waals surface area contributed by atoms with Crippen molar-refractivity contribution in [1.29, 1.82) is 0 Å². The van der Waals surface area contributed by atoms with E-state index >= 15 is 0 Å². The molecule has 1 aliphatic heterocycles. The average molecular weight is 370 g/mol. The molecule has 0 saturated carbocycles. The molecule has 0 aliphatic carbocycles. The zero-order valence-corrected chi connectivity index (χ0v) is 12.5. The molecule has 0 aromatic heterocycles. The van der Waals surface area contributed by atoms with Gasteiger partial charge in [0.15, 0.2) is 6.29 Å². The monoisotopic (exact) mass is 370 g/mol. The van der Waals surface area contributed by atoms with Crippen LogP contribution in [-0.2, 0) is 22.9 Å². The van der Waals surface area contributed by atoms with Gasteiger partial charge in [-0.15, -0.1) is 0 Å². The molecule has 1 saturated heterocycles. The lowest BCUT2D eigenvalue weighted by molar-refractivity contribution is -0.292. The van der Waals surface area contributed by atoms with Gasteiger partial charge >= 0.3 is 15.6 Å². The van der Waals surface area contributed by atoms with E-state index in [2.05, 4.69) is 9.05 Å². The molecule has 1 aliphatic rings. The van der Waals surface area contributed by atoms with Crippen LogP contribution < -0.4 is 0 Å².